The first-order chi connectivity index (χ1) is 8.37. The highest BCUT2D eigenvalue weighted by Crippen LogP contribution is 2.26. The Hall–Kier alpha value is -0.430. The lowest BCUT2D eigenvalue weighted by Gasteiger charge is -2.23. The molecule has 0 fully saturated rings. The number of aliphatic hydroxyl groups is 1. The Morgan fingerprint density at radius 1 is 1.39 bits per heavy atom. The van der Waals surface area contributed by atoms with Gasteiger partial charge in [0.2, 0.25) is 10.0 Å². The van der Waals surface area contributed by atoms with E-state index in [9.17, 15) is 8.42 Å². The van der Waals surface area contributed by atoms with Crippen LogP contribution in [-0.2, 0) is 15.4 Å². The zero-order valence-corrected chi connectivity index (χ0v) is 12.5. The minimum atomic E-state index is -3.23. The molecule has 1 aromatic heterocycles. The molecule has 2 N–H and O–H groups in total. The second-order valence-corrected chi connectivity index (χ2v) is 7.81. The second-order valence-electron chi connectivity index (χ2n) is 4.93. The molecule has 0 aromatic carbocycles. The quantitative estimate of drug-likeness (QED) is 0.717. The van der Waals surface area contributed by atoms with Crippen LogP contribution in [0, 0.1) is 0 Å². The Balaban J connectivity index is 2.49. The van der Waals surface area contributed by atoms with Crippen molar-refractivity contribution in [2.45, 2.75) is 32.1 Å². The fourth-order valence-electron chi connectivity index (χ4n) is 1.52. The molecule has 1 aromatic rings. The summed E-state index contributed by atoms with van der Waals surface area (Å²) in [6.45, 7) is 4.48. The SMILES string of the molecule is CC(C)(CNS(=O)(=O)CCCCO)c1cccs1. The van der Waals surface area contributed by atoms with Crippen molar-refractivity contribution >= 4 is 21.4 Å². The van der Waals surface area contributed by atoms with Crippen molar-refractivity contribution in [3.05, 3.63) is 22.4 Å². The average Bonchev–Trinajstić information content (AvgIpc) is 2.81. The number of aliphatic hydroxyl groups excluding tert-OH is 1. The predicted octanol–water partition coefficient (Wildman–Crippen LogP) is 1.72. The molecule has 0 radical (unpaired) electrons. The Bertz CT molecular complexity index is 438. The monoisotopic (exact) mass is 291 g/mol. The second kappa shape index (κ2) is 6.65. The van der Waals surface area contributed by atoms with E-state index in [2.05, 4.69) is 4.72 Å². The van der Waals surface area contributed by atoms with E-state index in [1.54, 1.807) is 11.3 Å². The van der Waals surface area contributed by atoms with Crippen LogP contribution in [0.1, 0.15) is 31.6 Å². The summed E-state index contributed by atoms with van der Waals surface area (Å²) in [4.78, 5) is 1.17. The van der Waals surface area contributed by atoms with Crippen LogP contribution in [0.15, 0.2) is 17.5 Å². The van der Waals surface area contributed by atoms with Crippen molar-refractivity contribution in [2.75, 3.05) is 18.9 Å². The lowest BCUT2D eigenvalue weighted by atomic mass is 9.92. The predicted molar refractivity (Wildman–Crippen MR) is 75.5 cm³/mol. The Morgan fingerprint density at radius 3 is 2.67 bits per heavy atom. The van der Waals surface area contributed by atoms with E-state index < -0.39 is 10.0 Å². The van der Waals surface area contributed by atoms with Crippen LogP contribution < -0.4 is 4.72 Å². The molecule has 4 nitrogen and oxygen atoms in total. The topological polar surface area (TPSA) is 66.4 Å². The molecule has 0 bridgehead atoms. The number of rotatable bonds is 8. The van der Waals surface area contributed by atoms with Gasteiger partial charge in [0.1, 0.15) is 0 Å². The summed E-state index contributed by atoms with van der Waals surface area (Å²) in [6, 6.07) is 3.99. The minimum Gasteiger partial charge on any atom is -0.396 e. The van der Waals surface area contributed by atoms with Gasteiger partial charge in [-0.15, -0.1) is 11.3 Å². The van der Waals surface area contributed by atoms with E-state index in [0.29, 0.717) is 19.4 Å². The Morgan fingerprint density at radius 2 is 2.11 bits per heavy atom. The summed E-state index contributed by atoms with van der Waals surface area (Å²) in [5.74, 6) is 0.0775. The van der Waals surface area contributed by atoms with Crippen molar-refractivity contribution in [1.82, 2.24) is 4.72 Å². The van der Waals surface area contributed by atoms with Gasteiger partial charge in [0.05, 0.1) is 5.75 Å². The highest BCUT2D eigenvalue weighted by Gasteiger charge is 2.23. The van der Waals surface area contributed by atoms with Gasteiger partial charge in [0.25, 0.3) is 0 Å². The van der Waals surface area contributed by atoms with E-state index in [4.69, 9.17) is 5.11 Å². The van der Waals surface area contributed by atoms with Crippen molar-refractivity contribution in [3.63, 3.8) is 0 Å². The fourth-order valence-corrected chi connectivity index (χ4v) is 3.68. The maximum atomic E-state index is 11.7. The van der Waals surface area contributed by atoms with Gasteiger partial charge in [-0.25, -0.2) is 13.1 Å². The van der Waals surface area contributed by atoms with Crippen LogP contribution in [-0.4, -0.2) is 32.4 Å². The lowest BCUT2D eigenvalue weighted by Crippen LogP contribution is -2.37. The maximum Gasteiger partial charge on any atom is 0.211 e. The van der Waals surface area contributed by atoms with Crippen LogP contribution in [0.25, 0.3) is 0 Å². The Labute approximate surface area is 113 Å². The third-order valence-electron chi connectivity index (χ3n) is 2.74. The van der Waals surface area contributed by atoms with E-state index >= 15 is 0 Å². The molecule has 6 heteroatoms. The van der Waals surface area contributed by atoms with Crippen LogP contribution >= 0.6 is 11.3 Å². The Kier molecular flexibility index (Phi) is 5.78. The van der Waals surface area contributed by atoms with Gasteiger partial charge in [-0.05, 0) is 24.3 Å². The molecule has 0 atom stereocenters. The van der Waals surface area contributed by atoms with E-state index in [0.717, 1.165) is 0 Å². The van der Waals surface area contributed by atoms with Crippen molar-refractivity contribution in [1.29, 1.82) is 0 Å². The van der Waals surface area contributed by atoms with Gasteiger partial charge in [0, 0.05) is 23.4 Å². The van der Waals surface area contributed by atoms with Crippen LogP contribution in [0.3, 0.4) is 0 Å². The summed E-state index contributed by atoms with van der Waals surface area (Å²) in [5, 5.41) is 10.6. The smallest absolute Gasteiger partial charge is 0.211 e. The molecule has 0 aliphatic heterocycles. The van der Waals surface area contributed by atoms with Gasteiger partial charge >= 0.3 is 0 Å². The largest absolute Gasteiger partial charge is 0.396 e. The lowest BCUT2D eigenvalue weighted by molar-refractivity contribution is 0.287. The minimum absolute atomic E-state index is 0.0379. The summed E-state index contributed by atoms with van der Waals surface area (Å²) >= 11 is 1.63. The molecular weight excluding hydrogens is 270 g/mol. The standard InChI is InChI=1S/C12H21NO3S2/c1-12(2,11-6-5-8-17-11)10-13-18(15,16)9-4-3-7-14/h5-6,8,13-14H,3-4,7,9-10H2,1-2H3. The number of hydrogen-bond donors (Lipinski definition) is 2. The molecule has 0 spiro atoms. The third kappa shape index (κ3) is 5.06. The zero-order chi connectivity index (χ0) is 13.6. The molecule has 18 heavy (non-hydrogen) atoms. The van der Waals surface area contributed by atoms with Crippen molar-refractivity contribution in [2.24, 2.45) is 0 Å². The number of hydrogen-bond acceptors (Lipinski definition) is 4. The highest BCUT2D eigenvalue weighted by atomic mass is 32.2. The number of nitrogens with one attached hydrogen (secondary N) is 1. The summed E-state index contributed by atoms with van der Waals surface area (Å²) in [5.41, 5.74) is -0.196. The molecule has 0 unspecified atom stereocenters. The molecule has 1 rings (SSSR count). The van der Waals surface area contributed by atoms with Crippen LogP contribution in [0.2, 0.25) is 0 Å². The molecule has 0 aliphatic carbocycles. The number of unbranched alkanes of at least 4 members (excludes halogenated alkanes) is 1. The first-order valence-electron chi connectivity index (χ1n) is 5.99. The normalized spacial score (nSPS) is 12.8. The van der Waals surface area contributed by atoms with E-state index in [1.807, 2.05) is 31.4 Å². The molecular formula is C12H21NO3S2. The molecule has 0 aliphatic rings. The summed E-state index contributed by atoms with van der Waals surface area (Å²) in [7, 11) is -3.23. The first kappa shape index (κ1) is 15.6. The average molecular weight is 291 g/mol. The molecule has 1 heterocycles. The summed E-state index contributed by atoms with van der Waals surface area (Å²) in [6.07, 6.45) is 1.01. The van der Waals surface area contributed by atoms with Crippen LogP contribution in [0.5, 0.6) is 0 Å². The first-order valence-corrected chi connectivity index (χ1v) is 8.53. The van der Waals surface area contributed by atoms with E-state index in [-0.39, 0.29) is 17.8 Å². The van der Waals surface area contributed by atoms with Gasteiger partial charge in [0.15, 0.2) is 0 Å². The van der Waals surface area contributed by atoms with Crippen molar-refractivity contribution < 1.29 is 13.5 Å². The highest BCUT2D eigenvalue weighted by molar-refractivity contribution is 7.89. The van der Waals surface area contributed by atoms with Gasteiger partial charge < -0.3 is 5.11 Å². The maximum absolute atomic E-state index is 11.7. The molecule has 104 valence electrons. The van der Waals surface area contributed by atoms with E-state index in [1.165, 1.54) is 4.88 Å². The third-order valence-corrected chi connectivity index (χ3v) is 5.39. The molecule has 0 amide bonds. The fraction of sp³-hybridized carbons (Fsp3) is 0.667. The number of thiophene rings is 1. The van der Waals surface area contributed by atoms with Crippen molar-refractivity contribution in [3.8, 4) is 0 Å². The number of sulfonamides is 1. The summed E-state index contributed by atoms with van der Waals surface area (Å²) < 4.78 is 26.1. The molecule has 0 saturated carbocycles. The molecule has 0 saturated heterocycles. The van der Waals surface area contributed by atoms with Crippen LogP contribution in [0.4, 0.5) is 0 Å². The zero-order valence-electron chi connectivity index (χ0n) is 10.8. The van der Waals surface area contributed by atoms with Gasteiger partial charge in [-0.3, -0.25) is 0 Å². The van der Waals surface area contributed by atoms with Gasteiger partial charge in [-0.1, -0.05) is 19.9 Å². The van der Waals surface area contributed by atoms with Gasteiger partial charge in [-0.2, -0.15) is 0 Å².